The fourth-order valence-electron chi connectivity index (χ4n) is 2.73. The number of aryl methyl sites for hydroxylation is 2. The first kappa shape index (κ1) is 19.7. The second kappa shape index (κ2) is 7.90. The summed E-state index contributed by atoms with van der Waals surface area (Å²) in [5.41, 5.74) is 1.79. The van der Waals surface area contributed by atoms with Crippen LogP contribution in [-0.2, 0) is 16.6 Å². The maximum absolute atomic E-state index is 12.7. The summed E-state index contributed by atoms with van der Waals surface area (Å²) < 4.78 is 33.4. The lowest BCUT2D eigenvalue weighted by molar-refractivity contribution is 0.0774. The molecule has 1 N–H and O–H groups in total. The summed E-state index contributed by atoms with van der Waals surface area (Å²) in [7, 11) is -2.16. The molecule has 0 aliphatic heterocycles. The average Bonchev–Trinajstić information content (AvgIpc) is 3.07. The summed E-state index contributed by atoms with van der Waals surface area (Å²) in [6, 6.07) is 16.7. The van der Waals surface area contributed by atoms with Gasteiger partial charge in [0.15, 0.2) is 0 Å². The van der Waals surface area contributed by atoms with Crippen LogP contribution >= 0.6 is 0 Å². The van der Waals surface area contributed by atoms with Gasteiger partial charge in [-0.3, -0.25) is 9.52 Å². The van der Waals surface area contributed by atoms with Gasteiger partial charge in [0.25, 0.3) is 15.9 Å². The van der Waals surface area contributed by atoms with Gasteiger partial charge < -0.3 is 9.32 Å². The van der Waals surface area contributed by atoms with E-state index in [4.69, 9.17) is 4.42 Å². The van der Waals surface area contributed by atoms with E-state index in [0.29, 0.717) is 18.0 Å². The lowest BCUT2D eigenvalue weighted by Crippen LogP contribution is -2.26. The predicted molar refractivity (Wildman–Crippen MR) is 108 cm³/mol. The molecule has 0 unspecified atom stereocenters. The van der Waals surface area contributed by atoms with Crippen molar-refractivity contribution >= 4 is 21.6 Å². The fraction of sp³-hybridized carbons (Fsp3) is 0.190. The molecule has 0 saturated carbocycles. The first-order valence-corrected chi connectivity index (χ1v) is 10.2. The highest BCUT2D eigenvalue weighted by molar-refractivity contribution is 7.92. The van der Waals surface area contributed by atoms with Gasteiger partial charge >= 0.3 is 0 Å². The topological polar surface area (TPSA) is 79.6 Å². The molecule has 0 aliphatic rings. The monoisotopic (exact) mass is 398 g/mol. The van der Waals surface area contributed by atoms with Crippen molar-refractivity contribution in [3.63, 3.8) is 0 Å². The molecule has 0 fully saturated rings. The number of furan rings is 1. The van der Waals surface area contributed by atoms with Gasteiger partial charge in [0.2, 0.25) is 0 Å². The summed E-state index contributed by atoms with van der Waals surface area (Å²) in [5, 5.41) is 0. The Morgan fingerprint density at radius 1 is 1.04 bits per heavy atom. The van der Waals surface area contributed by atoms with Crippen LogP contribution in [0.4, 0.5) is 5.69 Å². The first-order chi connectivity index (χ1) is 13.2. The number of hydrogen-bond donors (Lipinski definition) is 1. The summed E-state index contributed by atoms with van der Waals surface area (Å²) in [6.07, 6.45) is 0. The van der Waals surface area contributed by atoms with Crippen molar-refractivity contribution in [1.29, 1.82) is 0 Å². The van der Waals surface area contributed by atoms with Crippen molar-refractivity contribution in [2.75, 3.05) is 11.8 Å². The van der Waals surface area contributed by atoms with E-state index in [-0.39, 0.29) is 16.4 Å². The summed E-state index contributed by atoms with van der Waals surface area (Å²) in [4.78, 5) is 14.2. The van der Waals surface area contributed by atoms with E-state index in [1.54, 1.807) is 31.3 Å². The highest BCUT2D eigenvalue weighted by Gasteiger charge is 2.19. The lowest BCUT2D eigenvalue weighted by atomic mass is 10.2. The number of hydrogen-bond acceptors (Lipinski definition) is 4. The van der Waals surface area contributed by atoms with Gasteiger partial charge in [0, 0.05) is 18.3 Å². The summed E-state index contributed by atoms with van der Waals surface area (Å²) in [5.74, 6) is 1.14. The van der Waals surface area contributed by atoms with Crippen molar-refractivity contribution in [3.05, 3.63) is 83.3 Å². The number of benzene rings is 2. The second-order valence-electron chi connectivity index (χ2n) is 6.67. The Hall–Kier alpha value is -3.06. The zero-order valence-corrected chi connectivity index (χ0v) is 16.8. The van der Waals surface area contributed by atoms with E-state index < -0.39 is 10.0 Å². The molecule has 6 nitrogen and oxygen atoms in total. The average molecular weight is 398 g/mol. The van der Waals surface area contributed by atoms with Gasteiger partial charge in [0.05, 0.1) is 11.4 Å². The molecule has 3 rings (SSSR count). The molecule has 1 aromatic heterocycles. The number of anilines is 1. The molecule has 0 radical (unpaired) electrons. The van der Waals surface area contributed by atoms with Crippen molar-refractivity contribution < 1.29 is 17.6 Å². The Labute approximate surface area is 164 Å². The number of rotatable bonds is 6. The molecule has 0 spiro atoms. The van der Waals surface area contributed by atoms with Crippen LogP contribution in [0, 0.1) is 13.8 Å². The van der Waals surface area contributed by atoms with Crippen molar-refractivity contribution in [2.24, 2.45) is 0 Å². The smallest absolute Gasteiger partial charge is 0.261 e. The van der Waals surface area contributed by atoms with Gasteiger partial charge in [-0.1, -0.05) is 23.8 Å². The van der Waals surface area contributed by atoms with Crippen molar-refractivity contribution in [2.45, 2.75) is 25.3 Å². The Bertz CT molecular complexity index is 1090. The molecule has 0 aliphatic carbocycles. The van der Waals surface area contributed by atoms with E-state index in [0.717, 1.165) is 11.3 Å². The number of amides is 1. The molecule has 1 heterocycles. The fourth-order valence-corrected chi connectivity index (χ4v) is 3.83. The molecule has 7 heteroatoms. The van der Waals surface area contributed by atoms with Gasteiger partial charge in [-0.2, -0.15) is 0 Å². The molecular weight excluding hydrogens is 376 g/mol. The quantitative estimate of drug-likeness (QED) is 0.681. The first-order valence-electron chi connectivity index (χ1n) is 8.75. The third-order valence-electron chi connectivity index (χ3n) is 4.23. The number of sulfonamides is 1. The molecule has 1 amide bonds. The van der Waals surface area contributed by atoms with Crippen LogP contribution in [0.1, 0.15) is 27.4 Å². The molecule has 0 bridgehead atoms. The van der Waals surface area contributed by atoms with E-state index in [9.17, 15) is 13.2 Å². The minimum Gasteiger partial charge on any atom is -0.464 e. The van der Waals surface area contributed by atoms with Crippen molar-refractivity contribution in [1.82, 2.24) is 4.90 Å². The largest absolute Gasteiger partial charge is 0.464 e. The van der Waals surface area contributed by atoms with Crippen molar-refractivity contribution in [3.8, 4) is 0 Å². The Morgan fingerprint density at radius 3 is 2.39 bits per heavy atom. The Kier molecular flexibility index (Phi) is 5.56. The molecule has 0 atom stereocenters. The third kappa shape index (κ3) is 4.61. The maximum Gasteiger partial charge on any atom is 0.261 e. The standard InChI is InChI=1S/C21H22N2O4S/c1-15-7-10-18(11-8-15)22-28(25,26)20-6-4-5-17(13-20)21(24)23(3)14-19-12-9-16(2)27-19/h4-13,22H,14H2,1-3H3. The van der Waals surface area contributed by atoms with E-state index >= 15 is 0 Å². The van der Waals surface area contributed by atoms with Crippen LogP contribution in [0.15, 0.2) is 70.0 Å². The number of nitrogens with one attached hydrogen (secondary N) is 1. The highest BCUT2D eigenvalue weighted by atomic mass is 32.2. The number of carbonyl (C=O) groups is 1. The molecule has 2 aromatic carbocycles. The van der Waals surface area contributed by atoms with Crippen LogP contribution in [0.2, 0.25) is 0 Å². The van der Waals surface area contributed by atoms with Crippen LogP contribution in [0.3, 0.4) is 0 Å². The Morgan fingerprint density at radius 2 is 1.75 bits per heavy atom. The molecule has 3 aromatic rings. The maximum atomic E-state index is 12.7. The minimum absolute atomic E-state index is 0.0289. The summed E-state index contributed by atoms with van der Waals surface area (Å²) in [6.45, 7) is 4.06. The van der Waals surface area contributed by atoms with Crippen LogP contribution in [0.25, 0.3) is 0 Å². The highest BCUT2D eigenvalue weighted by Crippen LogP contribution is 2.19. The summed E-state index contributed by atoms with van der Waals surface area (Å²) >= 11 is 0. The molecule has 146 valence electrons. The van der Waals surface area contributed by atoms with E-state index in [2.05, 4.69) is 4.72 Å². The van der Waals surface area contributed by atoms with E-state index in [1.165, 1.54) is 17.0 Å². The number of nitrogens with zero attached hydrogens (tertiary/aromatic N) is 1. The Balaban J connectivity index is 1.78. The van der Waals surface area contributed by atoms with Crippen LogP contribution in [-0.4, -0.2) is 26.3 Å². The van der Waals surface area contributed by atoms with Gasteiger partial charge in [-0.25, -0.2) is 8.42 Å². The lowest BCUT2D eigenvalue weighted by Gasteiger charge is -2.16. The van der Waals surface area contributed by atoms with Crippen LogP contribution < -0.4 is 4.72 Å². The minimum atomic E-state index is -3.80. The van der Waals surface area contributed by atoms with Gasteiger partial charge in [-0.05, 0) is 56.3 Å². The van der Waals surface area contributed by atoms with Gasteiger partial charge in [-0.15, -0.1) is 0 Å². The van der Waals surface area contributed by atoms with Gasteiger partial charge in [0.1, 0.15) is 11.5 Å². The number of carbonyl (C=O) groups excluding carboxylic acids is 1. The molecule has 0 saturated heterocycles. The SMILES string of the molecule is Cc1ccc(NS(=O)(=O)c2cccc(C(=O)N(C)Cc3ccc(C)o3)c2)cc1. The molecule has 28 heavy (non-hydrogen) atoms. The predicted octanol–water partition coefficient (Wildman–Crippen LogP) is 3.97. The zero-order chi connectivity index (χ0) is 20.3. The zero-order valence-electron chi connectivity index (χ0n) is 16.0. The van der Waals surface area contributed by atoms with E-state index in [1.807, 2.05) is 38.1 Å². The van der Waals surface area contributed by atoms with Crippen LogP contribution in [0.5, 0.6) is 0 Å². The third-order valence-corrected chi connectivity index (χ3v) is 5.61. The normalized spacial score (nSPS) is 11.2. The molecular formula is C21H22N2O4S. The second-order valence-corrected chi connectivity index (χ2v) is 8.36.